The number of ether oxygens (including phenoxy) is 1. The summed E-state index contributed by atoms with van der Waals surface area (Å²) in [5, 5.41) is 2.83. The first-order valence-electron chi connectivity index (χ1n) is 9.80. The van der Waals surface area contributed by atoms with Crippen molar-refractivity contribution in [1.82, 2.24) is 9.62 Å². The van der Waals surface area contributed by atoms with Crippen molar-refractivity contribution in [3.8, 4) is 0 Å². The predicted octanol–water partition coefficient (Wildman–Crippen LogP) is 3.04. The standard InChI is InChI=1S/C20H32N2O4S/c1-16(2)15-26-13-7-11-21-20(23)18-9-6-10-19(14-18)27(24,25)22-12-5-4-8-17(22)3/h6,9-10,14,16-17H,4-5,7-8,11-13,15H2,1-3H3,(H,21,23). The molecule has 27 heavy (non-hydrogen) atoms. The van der Waals surface area contributed by atoms with Gasteiger partial charge in [0, 0.05) is 37.9 Å². The molecule has 1 aromatic rings. The zero-order chi connectivity index (χ0) is 19.9. The van der Waals surface area contributed by atoms with Gasteiger partial charge in [0.1, 0.15) is 0 Å². The summed E-state index contributed by atoms with van der Waals surface area (Å²) in [6.45, 7) is 8.46. The molecule has 0 saturated carbocycles. The molecule has 0 radical (unpaired) electrons. The second kappa shape index (κ2) is 10.2. The maximum atomic E-state index is 12.9. The first-order chi connectivity index (χ1) is 12.8. The molecule has 0 bridgehead atoms. The first-order valence-corrected chi connectivity index (χ1v) is 11.2. The summed E-state index contributed by atoms with van der Waals surface area (Å²) < 4.78 is 32.9. The maximum absolute atomic E-state index is 12.9. The lowest BCUT2D eigenvalue weighted by molar-refractivity contribution is 0.0925. The van der Waals surface area contributed by atoms with E-state index < -0.39 is 10.0 Å². The fraction of sp³-hybridized carbons (Fsp3) is 0.650. The van der Waals surface area contributed by atoms with Gasteiger partial charge in [0.2, 0.25) is 10.0 Å². The van der Waals surface area contributed by atoms with Crippen LogP contribution in [-0.2, 0) is 14.8 Å². The first kappa shape index (κ1) is 21.9. The van der Waals surface area contributed by atoms with E-state index in [1.54, 1.807) is 22.5 Å². The van der Waals surface area contributed by atoms with Crippen LogP contribution in [0.15, 0.2) is 29.2 Å². The monoisotopic (exact) mass is 396 g/mol. The van der Waals surface area contributed by atoms with Crippen molar-refractivity contribution in [2.45, 2.75) is 57.4 Å². The van der Waals surface area contributed by atoms with Crippen LogP contribution in [-0.4, -0.2) is 51.0 Å². The van der Waals surface area contributed by atoms with E-state index in [9.17, 15) is 13.2 Å². The molecule has 1 unspecified atom stereocenters. The van der Waals surface area contributed by atoms with Crippen molar-refractivity contribution in [2.75, 3.05) is 26.3 Å². The SMILES string of the molecule is CC(C)COCCCNC(=O)c1cccc(S(=O)(=O)N2CCCCC2C)c1. The second-order valence-corrected chi connectivity index (χ2v) is 9.46. The molecule has 152 valence electrons. The molecular formula is C20H32N2O4S. The highest BCUT2D eigenvalue weighted by Crippen LogP contribution is 2.25. The molecular weight excluding hydrogens is 364 g/mol. The van der Waals surface area contributed by atoms with Crippen LogP contribution in [0.2, 0.25) is 0 Å². The highest BCUT2D eigenvalue weighted by atomic mass is 32.2. The number of sulfonamides is 1. The minimum atomic E-state index is -3.57. The lowest BCUT2D eigenvalue weighted by Crippen LogP contribution is -2.42. The Morgan fingerprint density at radius 1 is 1.33 bits per heavy atom. The Bertz CT molecular complexity index is 718. The van der Waals surface area contributed by atoms with Gasteiger partial charge in [-0.05, 0) is 50.3 Å². The number of carbonyl (C=O) groups excluding carboxylic acids is 1. The summed E-state index contributed by atoms with van der Waals surface area (Å²) in [4.78, 5) is 12.5. The summed E-state index contributed by atoms with van der Waals surface area (Å²) >= 11 is 0. The molecule has 1 heterocycles. The molecule has 1 N–H and O–H groups in total. The smallest absolute Gasteiger partial charge is 0.251 e. The van der Waals surface area contributed by atoms with Crippen LogP contribution in [0.4, 0.5) is 0 Å². The van der Waals surface area contributed by atoms with Crippen molar-refractivity contribution in [3.05, 3.63) is 29.8 Å². The van der Waals surface area contributed by atoms with E-state index in [1.165, 1.54) is 6.07 Å². The number of amides is 1. The lowest BCUT2D eigenvalue weighted by Gasteiger charge is -2.32. The Hall–Kier alpha value is -1.44. The van der Waals surface area contributed by atoms with E-state index in [2.05, 4.69) is 19.2 Å². The molecule has 1 atom stereocenters. The number of piperidine rings is 1. The van der Waals surface area contributed by atoms with Crippen molar-refractivity contribution in [1.29, 1.82) is 0 Å². The number of carbonyl (C=O) groups is 1. The Balaban J connectivity index is 1.95. The summed E-state index contributed by atoms with van der Waals surface area (Å²) in [7, 11) is -3.57. The molecule has 7 heteroatoms. The number of nitrogens with zero attached hydrogens (tertiary/aromatic N) is 1. The van der Waals surface area contributed by atoms with Gasteiger partial charge in [-0.15, -0.1) is 0 Å². The van der Waals surface area contributed by atoms with Crippen LogP contribution in [0.5, 0.6) is 0 Å². The molecule has 1 fully saturated rings. The molecule has 2 rings (SSSR count). The summed E-state index contributed by atoms with van der Waals surface area (Å²) in [5.74, 6) is 0.231. The Morgan fingerprint density at radius 3 is 2.81 bits per heavy atom. The van der Waals surface area contributed by atoms with Gasteiger partial charge in [-0.2, -0.15) is 4.31 Å². The van der Waals surface area contributed by atoms with E-state index in [0.29, 0.717) is 37.8 Å². The molecule has 1 aromatic carbocycles. The largest absolute Gasteiger partial charge is 0.381 e. The minimum absolute atomic E-state index is 0.00734. The Morgan fingerprint density at radius 2 is 2.11 bits per heavy atom. The third-order valence-electron chi connectivity index (χ3n) is 4.65. The average Bonchev–Trinajstić information content (AvgIpc) is 2.64. The summed E-state index contributed by atoms with van der Waals surface area (Å²) in [6, 6.07) is 6.30. The van der Waals surface area contributed by atoms with E-state index >= 15 is 0 Å². The van der Waals surface area contributed by atoms with E-state index in [0.717, 1.165) is 25.7 Å². The maximum Gasteiger partial charge on any atom is 0.251 e. The highest BCUT2D eigenvalue weighted by molar-refractivity contribution is 7.89. The van der Waals surface area contributed by atoms with Crippen LogP contribution in [0, 0.1) is 5.92 Å². The predicted molar refractivity (Wildman–Crippen MR) is 106 cm³/mol. The van der Waals surface area contributed by atoms with Crippen LogP contribution in [0.3, 0.4) is 0 Å². The zero-order valence-corrected chi connectivity index (χ0v) is 17.4. The van der Waals surface area contributed by atoms with Gasteiger partial charge in [-0.3, -0.25) is 4.79 Å². The van der Waals surface area contributed by atoms with Crippen molar-refractivity contribution >= 4 is 15.9 Å². The van der Waals surface area contributed by atoms with Gasteiger partial charge in [-0.1, -0.05) is 26.3 Å². The Kier molecular flexibility index (Phi) is 8.26. The van der Waals surface area contributed by atoms with Gasteiger partial charge >= 0.3 is 0 Å². The quantitative estimate of drug-likeness (QED) is 0.651. The number of benzene rings is 1. The molecule has 1 amide bonds. The van der Waals surface area contributed by atoms with Crippen LogP contribution < -0.4 is 5.32 Å². The van der Waals surface area contributed by atoms with Crippen LogP contribution >= 0.6 is 0 Å². The Labute approximate surface area is 163 Å². The van der Waals surface area contributed by atoms with Crippen molar-refractivity contribution < 1.29 is 17.9 Å². The average molecular weight is 397 g/mol. The molecule has 0 aliphatic carbocycles. The number of rotatable bonds is 9. The molecule has 1 aliphatic heterocycles. The van der Waals surface area contributed by atoms with E-state index in [-0.39, 0.29) is 16.8 Å². The normalized spacial score (nSPS) is 18.6. The minimum Gasteiger partial charge on any atom is -0.381 e. The lowest BCUT2D eigenvalue weighted by atomic mass is 10.1. The molecule has 0 spiro atoms. The topological polar surface area (TPSA) is 75.7 Å². The van der Waals surface area contributed by atoms with Gasteiger partial charge < -0.3 is 10.1 Å². The summed E-state index contributed by atoms with van der Waals surface area (Å²) in [5.41, 5.74) is 0.365. The van der Waals surface area contributed by atoms with Crippen LogP contribution in [0.25, 0.3) is 0 Å². The zero-order valence-electron chi connectivity index (χ0n) is 16.6. The van der Waals surface area contributed by atoms with E-state index in [1.807, 2.05) is 6.92 Å². The third-order valence-corrected chi connectivity index (χ3v) is 6.66. The summed E-state index contributed by atoms with van der Waals surface area (Å²) in [6.07, 6.45) is 3.53. The number of hydrogen-bond acceptors (Lipinski definition) is 4. The van der Waals surface area contributed by atoms with Crippen LogP contribution in [0.1, 0.15) is 56.8 Å². The molecule has 1 aliphatic rings. The van der Waals surface area contributed by atoms with Crippen molar-refractivity contribution in [2.24, 2.45) is 5.92 Å². The van der Waals surface area contributed by atoms with Gasteiger partial charge in [0.25, 0.3) is 5.91 Å². The van der Waals surface area contributed by atoms with Gasteiger partial charge in [0.05, 0.1) is 4.90 Å². The highest BCUT2D eigenvalue weighted by Gasteiger charge is 2.31. The van der Waals surface area contributed by atoms with Gasteiger partial charge in [-0.25, -0.2) is 8.42 Å². The van der Waals surface area contributed by atoms with Crippen molar-refractivity contribution in [3.63, 3.8) is 0 Å². The fourth-order valence-electron chi connectivity index (χ4n) is 3.16. The number of nitrogens with one attached hydrogen (secondary N) is 1. The molecule has 6 nitrogen and oxygen atoms in total. The second-order valence-electron chi connectivity index (χ2n) is 7.57. The van der Waals surface area contributed by atoms with Gasteiger partial charge in [0.15, 0.2) is 0 Å². The fourth-order valence-corrected chi connectivity index (χ4v) is 4.91. The molecule has 0 aromatic heterocycles. The number of hydrogen-bond donors (Lipinski definition) is 1. The molecule has 1 saturated heterocycles. The third kappa shape index (κ3) is 6.30. The van der Waals surface area contributed by atoms with E-state index in [4.69, 9.17) is 4.74 Å².